The molecule has 1 unspecified atom stereocenters. The first kappa shape index (κ1) is 25.3. The van der Waals surface area contributed by atoms with Gasteiger partial charge in [-0.1, -0.05) is 48.7 Å². The van der Waals surface area contributed by atoms with E-state index in [4.69, 9.17) is 58.0 Å². The first-order chi connectivity index (χ1) is 9.33. The van der Waals surface area contributed by atoms with Crippen LogP contribution in [0.25, 0.3) is 0 Å². The highest BCUT2D eigenvalue weighted by Gasteiger charge is 2.63. The Bertz CT molecular complexity index is 334. The van der Waals surface area contributed by atoms with Gasteiger partial charge in [0.05, 0.1) is 0 Å². The molecule has 0 aliphatic rings. The highest BCUT2D eigenvalue weighted by atomic mass is 35.5. The van der Waals surface area contributed by atoms with Gasteiger partial charge in [-0.05, 0) is 26.7 Å². The van der Waals surface area contributed by atoms with E-state index in [0.29, 0.717) is 13.3 Å². The minimum atomic E-state index is -3.99. The third kappa shape index (κ3) is 8.81. The topological polar surface area (TPSA) is 0 Å². The fourth-order valence-electron chi connectivity index (χ4n) is 1.12. The van der Waals surface area contributed by atoms with Crippen molar-refractivity contribution in [3.8, 4) is 0 Å². The van der Waals surface area contributed by atoms with Crippen LogP contribution in [0.15, 0.2) is 0 Å². The summed E-state index contributed by atoms with van der Waals surface area (Å²) in [5.74, 6) is -6.76. The Hall–Kier alpha value is 1.10. The van der Waals surface area contributed by atoms with Gasteiger partial charge in [-0.3, -0.25) is 0 Å². The fourth-order valence-corrected chi connectivity index (χ4v) is 2.20. The van der Waals surface area contributed by atoms with E-state index in [1.807, 2.05) is 0 Å². The number of hydrogen-bond donors (Lipinski definition) is 0. The van der Waals surface area contributed by atoms with Gasteiger partial charge in [0.1, 0.15) is 4.33 Å². The van der Waals surface area contributed by atoms with E-state index >= 15 is 0 Å². The summed E-state index contributed by atoms with van der Waals surface area (Å²) in [4.78, 5) is 0. The summed E-state index contributed by atoms with van der Waals surface area (Å²) in [6, 6.07) is 0. The lowest BCUT2D eigenvalue weighted by Crippen LogP contribution is -2.50. The molecule has 136 valence electrons. The predicted octanol–water partition coefficient (Wildman–Crippen LogP) is 7.75. The molecular formula is C12H18Cl5F5. The first-order valence-corrected chi connectivity index (χ1v) is 8.11. The molecule has 0 nitrogen and oxygen atoms in total. The van der Waals surface area contributed by atoms with Crippen molar-refractivity contribution in [3.63, 3.8) is 0 Å². The van der Waals surface area contributed by atoms with Crippen LogP contribution in [0.2, 0.25) is 0 Å². The molecule has 0 radical (unpaired) electrons. The Balaban J connectivity index is 0. The normalized spacial score (nSPS) is 16.6. The van der Waals surface area contributed by atoms with Crippen LogP contribution < -0.4 is 0 Å². The zero-order valence-corrected chi connectivity index (χ0v) is 16.2. The second-order valence-electron chi connectivity index (χ2n) is 4.98. The summed E-state index contributed by atoms with van der Waals surface area (Å²) in [7, 11) is 0. The van der Waals surface area contributed by atoms with E-state index < -0.39 is 32.1 Å². The molecule has 0 fully saturated rings. The fraction of sp³-hybridized carbons (Fsp3) is 1.00. The van der Waals surface area contributed by atoms with Gasteiger partial charge < -0.3 is 0 Å². The van der Waals surface area contributed by atoms with Crippen molar-refractivity contribution in [1.82, 2.24) is 0 Å². The van der Waals surface area contributed by atoms with Crippen molar-refractivity contribution in [2.45, 2.75) is 72.6 Å². The molecule has 0 aromatic rings. The Morgan fingerprint density at radius 1 is 0.727 bits per heavy atom. The molecule has 0 aromatic heterocycles. The molecule has 0 spiro atoms. The predicted molar refractivity (Wildman–Crippen MR) is 85.0 cm³/mol. The Morgan fingerprint density at radius 2 is 1.09 bits per heavy atom. The van der Waals surface area contributed by atoms with Gasteiger partial charge in [0.25, 0.3) is 0 Å². The average Bonchev–Trinajstić information content (AvgIpc) is 2.25. The van der Waals surface area contributed by atoms with Crippen LogP contribution in [-0.2, 0) is 0 Å². The van der Waals surface area contributed by atoms with E-state index in [0.717, 1.165) is 6.92 Å². The van der Waals surface area contributed by atoms with Gasteiger partial charge in [0, 0.05) is 6.42 Å². The van der Waals surface area contributed by atoms with Crippen LogP contribution >= 0.6 is 58.0 Å². The van der Waals surface area contributed by atoms with E-state index in [1.54, 1.807) is 6.92 Å². The van der Waals surface area contributed by atoms with Gasteiger partial charge in [-0.2, -0.15) is 8.78 Å². The lowest BCUT2D eigenvalue weighted by molar-refractivity contribution is -0.0997. The molecule has 22 heavy (non-hydrogen) atoms. The molecule has 0 N–H and O–H groups in total. The van der Waals surface area contributed by atoms with Gasteiger partial charge in [0.2, 0.25) is 11.1 Å². The maximum absolute atomic E-state index is 12.9. The Morgan fingerprint density at radius 3 is 1.18 bits per heavy atom. The molecule has 0 rings (SSSR count). The third-order valence-electron chi connectivity index (χ3n) is 2.54. The second-order valence-corrected chi connectivity index (χ2v) is 8.81. The van der Waals surface area contributed by atoms with E-state index in [-0.39, 0.29) is 6.42 Å². The highest BCUT2D eigenvalue weighted by molar-refractivity contribution is 6.49. The lowest BCUT2D eigenvalue weighted by atomic mass is 10.1. The van der Waals surface area contributed by atoms with Gasteiger partial charge >= 0.3 is 5.92 Å². The largest absolute Gasteiger partial charge is 0.327 e. The zero-order chi connectivity index (χ0) is 18.6. The zero-order valence-electron chi connectivity index (χ0n) is 12.4. The molecular weight excluding hydrogens is 416 g/mol. The maximum atomic E-state index is 12.9. The van der Waals surface area contributed by atoms with Crippen molar-refractivity contribution in [3.05, 3.63) is 0 Å². The summed E-state index contributed by atoms with van der Waals surface area (Å²) >= 11 is 26.2. The van der Waals surface area contributed by atoms with E-state index in [9.17, 15) is 22.0 Å². The molecule has 0 saturated heterocycles. The Labute approximate surface area is 152 Å². The third-order valence-corrected chi connectivity index (χ3v) is 4.59. The van der Waals surface area contributed by atoms with Crippen molar-refractivity contribution < 1.29 is 22.0 Å². The molecule has 0 bridgehead atoms. The highest BCUT2D eigenvalue weighted by Crippen LogP contribution is 2.50. The first-order valence-electron chi connectivity index (χ1n) is 6.22. The summed E-state index contributed by atoms with van der Waals surface area (Å²) in [5, 5.41) is -3.24. The van der Waals surface area contributed by atoms with E-state index in [2.05, 4.69) is 0 Å². The summed E-state index contributed by atoms with van der Waals surface area (Å²) in [6.07, 6.45) is -0.450. The molecule has 0 heterocycles. The van der Waals surface area contributed by atoms with Gasteiger partial charge in [0.15, 0.2) is 4.33 Å². The molecule has 1 atom stereocenters. The van der Waals surface area contributed by atoms with Crippen molar-refractivity contribution in [2.24, 2.45) is 0 Å². The number of halogens is 10. The van der Waals surface area contributed by atoms with Crippen molar-refractivity contribution in [1.29, 1.82) is 0 Å². The lowest BCUT2D eigenvalue weighted by Gasteiger charge is -2.33. The van der Waals surface area contributed by atoms with Crippen molar-refractivity contribution >= 4 is 58.0 Å². The summed E-state index contributed by atoms with van der Waals surface area (Å²) < 4.78 is 59.3. The standard InChI is InChI=1S/C6H8Cl3F3.C6H10Cl2F2/c1-3-5(8,9)6(11,12)4(2,7)10;1-3-6(7,8)4-5(2,9)10/h3H2,1-2H3;3-4H2,1-2H3. The van der Waals surface area contributed by atoms with Crippen LogP contribution in [0.5, 0.6) is 0 Å². The van der Waals surface area contributed by atoms with Crippen LogP contribution in [0.4, 0.5) is 22.0 Å². The quantitative estimate of drug-likeness (QED) is 0.296. The van der Waals surface area contributed by atoms with Crippen molar-refractivity contribution in [2.75, 3.05) is 0 Å². The monoisotopic (exact) mass is 432 g/mol. The minimum absolute atomic E-state index is 0.296. The second kappa shape index (κ2) is 8.46. The van der Waals surface area contributed by atoms with E-state index in [1.165, 1.54) is 6.92 Å². The number of alkyl halides is 10. The summed E-state index contributed by atoms with van der Waals surface area (Å²) in [5.41, 5.74) is 0. The average molecular weight is 435 g/mol. The maximum Gasteiger partial charge on any atom is 0.327 e. The van der Waals surface area contributed by atoms with Crippen LogP contribution in [0.1, 0.15) is 47.0 Å². The SMILES string of the molecule is CCC(Cl)(Cl)C(F)(F)C(C)(F)Cl.CCC(Cl)(Cl)CC(C)(F)F. The molecule has 0 saturated carbocycles. The number of hydrogen-bond acceptors (Lipinski definition) is 0. The van der Waals surface area contributed by atoms with Crippen LogP contribution in [0, 0.1) is 0 Å². The molecule has 0 aromatic carbocycles. The minimum Gasteiger partial charge on any atom is -0.220 e. The Kier molecular flexibility index (Phi) is 9.75. The molecule has 0 aliphatic carbocycles. The van der Waals surface area contributed by atoms with Gasteiger partial charge in [-0.15, -0.1) is 23.2 Å². The smallest absolute Gasteiger partial charge is 0.220 e. The summed E-state index contributed by atoms with van der Waals surface area (Å²) in [6.45, 7) is 4.31. The van der Waals surface area contributed by atoms with Crippen LogP contribution in [-0.4, -0.2) is 25.6 Å². The van der Waals surface area contributed by atoms with Gasteiger partial charge in [-0.25, -0.2) is 13.2 Å². The molecule has 10 heteroatoms. The molecule has 0 amide bonds. The number of rotatable bonds is 6. The van der Waals surface area contributed by atoms with Crippen LogP contribution in [0.3, 0.4) is 0 Å². The molecule has 0 aliphatic heterocycles.